The first-order valence-corrected chi connectivity index (χ1v) is 8.89. The first-order valence-electron chi connectivity index (χ1n) is 8.89. The van der Waals surface area contributed by atoms with Gasteiger partial charge in [0, 0.05) is 30.6 Å². The summed E-state index contributed by atoms with van der Waals surface area (Å²) in [6.45, 7) is 5.77. The Balaban J connectivity index is 2.08. The Labute approximate surface area is 162 Å². The number of ether oxygens (including phenoxy) is 1. The molecular formula is C20H24F3N3O2. The number of halogens is 3. The Morgan fingerprint density at radius 3 is 2.36 bits per heavy atom. The Hall–Kier alpha value is -2.48. The van der Waals surface area contributed by atoms with Gasteiger partial charge in [-0.25, -0.2) is 0 Å². The molecule has 1 heterocycles. The molecular weight excluding hydrogens is 371 g/mol. The molecule has 0 bridgehead atoms. The molecule has 2 rings (SSSR count). The van der Waals surface area contributed by atoms with Crippen LogP contribution in [0.5, 0.6) is 0 Å². The van der Waals surface area contributed by atoms with Crippen LogP contribution in [0.25, 0.3) is 0 Å². The number of nitrogens with one attached hydrogen (secondary N) is 1. The van der Waals surface area contributed by atoms with Crippen molar-refractivity contribution < 1.29 is 22.7 Å². The third kappa shape index (κ3) is 7.26. The maximum Gasteiger partial charge on any atom is 0.416 e. The second-order valence-electron chi connectivity index (χ2n) is 7.43. The summed E-state index contributed by atoms with van der Waals surface area (Å²) in [4.78, 5) is 20.1. The minimum atomic E-state index is -4.40. The Morgan fingerprint density at radius 1 is 1.14 bits per heavy atom. The predicted octanol–water partition coefficient (Wildman–Crippen LogP) is 4.10. The van der Waals surface area contributed by atoms with Gasteiger partial charge in [0.15, 0.2) is 0 Å². The van der Waals surface area contributed by atoms with Gasteiger partial charge >= 0.3 is 6.18 Å². The van der Waals surface area contributed by atoms with Gasteiger partial charge in [0.1, 0.15) is 0 Å². The van der Waals surface area contributed by atoms with Crippen molar-refractivity contribution in [3.8, 4) is 0 Å². The van der Waals surface area contributed by atoms with Gasteiger partial charge in [-0.2, -0.15) is 13.2 Å². The van der Waals surface area contributed by atoms with Crippen LogP contribution in [0.3, 0.4) is 0 Å². The van der Waals surface area contributed by atoms with Crippen LogP contribution in [0.4, 0.5) is 13.2 Å². The summed E-state index contributed by atoms with van der Waals surface area (Å²) in [5.74, 6) is -0.154. The van der Waals surface area contributed by atoms with Crippen LogP contribution in [-0.2, 0) is 22.1 Å². The fourth-order valence-electron chi connectivity index (χ4n) is 2.56. The second-order valence-corrected chi connectivity index (χ2v) is 7.43. The quantitative estimate of drug-likeness (QED) is 0.767. The van der Waals surface area contributed by atoms with Crippen LogP contribution in [-0.4, -0.2) is 28.0 Å². The fourth-order valence-corrected chi connectivity index (χ4v) is 2.56. The van der Waals surface area contributed by atoms with Crippen LogP contribution in [0, 0.1) is 0 Å². The normalized spacial score (nSPS) is 13.2. The van der Waals surface area contributed by atoms with Gasteiger partial charge in [-0.1, -0.05) is 12.1 Å². The second kappa shape index (κ2) is 9.14. The molecule has 2 aromatic rings. The number of carbonyl (C=O) groups excluding carboxylic acids is 1. The monoisotopic (exact) mass is 395 g/mol. The largest absolute Gasteiger partial charge is 0.416 e. The van der Waals surface area contributed by atoms with E-state index in [1.807, 2.05) is 20.8 Å². The lowest BCUT2D eigenvalue weighted by Gasteiger charge is -2.22. The van der Waals surface area contributed by atoms with E-state index in [4.69, 9.17) is 4.74 Å². The van der Waals surface area contributed by atoms with Gasteiger partial charge in [0.05, 0.1) is 30.4 Å². The molecule has 0 saturated heterocycles. The van der Waals surface area contributed by atoms with Crippen molar-refractivity contribution in [2.24, 2.45) is 0 Å². The number of amides is 1. The molecule has 0 aliphatic carbocycles. The topological polar surface area (TPSA) is 64.1 Å². The average molecular weight is 395 g/mol. The average Bonchev–Trinajstić information content (AvgIpc) is 2.59. The van der Waals surface area contributed by atoms with Crippen LogP contribution < -0.4 is 5.32 Å². The third-order valence-electron chi connectivity index (χ3n) is 3.78. The van der Waals surface area contributed by atoms with E-state index in [1.54, 1.807) is 6.20 Å². The highest BCUT2D eigenvalue weighted by molar-refractivity contribution is 5.76. The molecule has 1 N–H and O–H groups in total. The third-order valence-corrected chi connectivity index (χ3v) is 3.78. The summed E-state index contributed by atoms with van der Waals surface area (Å²) in [5, 5.41) is 2.84. The Kier molecular flexibility index (Phi) is 7.12. The van der Waals surface area contributed by atoms with E-state index in [2.05, 4.69) is 15.3 Å². The summed E-state index contributed by atoms with van der Waals surface area (Å²) in [6, 6.07) is 4.82. The van der Waals surface area contributed by atoms with Crippen molar-refractivity contribution in [1.82, 2.24) is 15.3 Å². The smallest absolute Gasteiger partial charge is 0.373 e. The summed E-state index contributed by atoms with van der Waals surface area (Å²) in [7, 11) is 0. The standard InChI is InChI=1S/C20H24F3N3O2/c1-19(2,3)26-18(27)8-11-28-17(12-16-13-24-9-10-25-16)14-4-6-15(7-5-14)20(21,22)23/h4-7,9-10,13,17H,8,11-12H2,1-3H3,(H,26,27). The number of alkyl halides is 3. The van der Waals surface area contributed by atoms with Crippen molar-refractivity contribution in [2.75, 3.05) is 6.61 Å². The van der Waals surface area contributed by atoms with Crippen molar-refractivity contribution >= 4 is 5.91 Å². The molecule has 0 radical (unpaired) electrons. The Bertz CT molecular complexity index is 757. The van der Waals surface area contributed by atoms with Gasteiger partial charge in [0.2, 0.25) is 5.91 Å². The number of hydrogen-bond donors (Lipinski definition) is 1. The van der Waals surface area contributed by atoms with Gasteiger partial charge < -0.3 is 10.1 Å². The lowest BCUT2D eigenvalue weighted by atomic mass is 10.0. The zero-order valence-electron chi connectivity index (χ0n) is 16.1. The van der Waals surface area contributed by atoms with E-state index in [9.17, 15) is 18.0 Å². The first kappa shape index (κ1) is 21.8. The van der Waals surface area contributed by atoms with Crippen molar-refractivity contribution in [2.45, 2.75) is 51.4 Å². The number of aromatic nitrogens is 2. The van der Waals surface area contributed by atoms with Gasteiger partial charge in [-0.15, -0.1) is 0 Å². The SMILES string of the molecule is CC(C)(C)NC(=O)CCOC(Cc1cnccn1)c1ccc(C(F)(F)F)cc1. The van der Waals surface area contributed by atoms with E-state index in [0.717, 1.165) is 12.1 Å². The van der Waals surface area contributed by atoms with Gasteiger partial charge in [-0.05, 0) is 38.5 Å². The molecule has 0 fully saturated rings. The predicted molar refractivity (Wildman–Crippen MR) is 98.4 cm³/mol. The first-order chi connectivity index (χ1) is 13.0. The summed E-state index contributed by atoms with van der Waals surface area (Å²) in [6.07, 6.45) is 0.193. The van der Waals surface area contributed by atoms with Crippen LogP contribution >= 0.6 is 0 Å². The fraction of sp³-hybridized carbons (Fsp3) is 0.450. The minimum Gasteiger partial charge on any atom is -0.373 e. The van der Waals surface area contributed by atoms with E-state index in [-0.39, 0.29) is 24.5 Å². The summed E-state index contributed by atoms with van der Waals surface area (Å²) in [5.41, 5.74) is 0.157. The number of rotatable bonds is 7. The number of nitrogens with zero attached hydrogens (tertiary/aromatic N) is 2. The zero-order chi connectivity index (χ0) is 20.8. The maximum atomic E-state index is 12.8. The molecule has 1 aromatic carbocycles. The molecule has 8 heteroatoms. The van der Waals surface area contributed by atoms with Crippen molar-refractivity contribution in [3.63, 3.8) is 0 Å². The van der Waals surface area contributed by atoms with Crippen LogP contribution in [0.1, 0.15) is 50.1 Å². The molecule has 152 valence electrons. The highest BCUT2D eigenvalue weighted by Gasteiger charge is 2.30. The molecule has 0 aliphatic heterocycles. The van der Waals surface area contributed by atoms with Crippen LogP contribution in [0.15, 0.2) is 42.9 Å². The number of hydrogen-bond acceptors (Lipinski definition) is 4. The number of carbonyl (C=O) groups is 1. The Morgan fingerprint density at radius 2 is 1.82 bits per heavy atom. The molecule has 1 aromatic heterocycles. The summed E-state index contributed by atoms with van der Waals surface area (Å²) >= 11 is 0. The highest BCUT2D eigenvalue weighted by atomic mass is 19.4. The molecule has 1 amide bonds. The highest BCUT2D eigenvalue weighted by Crippen LogP contribution is 2.31. The molecule has 5 nitrogen and oxygen atoms in total. The molecule has 1 unspecified atom stereocenters. The van der Waals surface area contributed by atoms with Gasteiger partial charge in [0.25, 0.3) is 0 Å². The van der Waals surface area contributed by atoms with E-state index >= 15 is 0 Å². The molecule has 1 atom stereocenters. The molecule has 0 saturated carbocycles. The van der Waals surface area contributed by atoms with Crippen molar-refractivity contribution in [3.05, 3.63) is 59.7 Å². The minimum absolute atomic E-state index is 0.133. The lowest BCUT2D eigenvalue weighted by Crippen LogP contribution is -2.40. The van der Waals surface area contributed by atoms with Crippen LogP contribution in [0.2, 0.25) is 0 Å². The van der Waals surface area contributed by atoms with E-state index < -0.39 is 17.8 Å². The maximum absolute atomic E-state index is 12.8. The number of benzene rings is 1. The van der Waals surface area contributed by atoms with E-state index in [1.165, 1.54) is 24.5 Å². The summed E-state index contributed by atoms with van der Waals surface area (Å²) < 4.78 is 44.2. The molecule has 0 aliphatic rings. The van der Waals surface area contributed by atoms with E-state index in [0.29, 0.717) is 17.7 Å². The van der Waals surface area contributed by atoms with Gasteiger partial charge in [-0.3, -0.25) is 14.8 Å². The molecule has 0 spiro atoms. The lowest BCUT2D eigenvalue weighted by molar-refractivity contribution is -0.137. The van der Waals surface area contributed by atoms with Crippen molar-refractivity contribution in [1.29, 1.82) is 0 Å². The zero-order valence-corrected chi connectivity index (χ0v) is 16.1. The molecule has 28 heavy (non-hydrogen) atoms.